The molecule has 0 amide bonds. The molecule has 3 heterocycles. The fourth-order valence-corrected chi connectivity index (χ4v) is 5.26. The molecule has 1 aromatic carbocycles. The molecule has 0 spiro atoms. The fraction of sp³-hybridized carbons (Fsp3) is 0.545. The standard InChI is InChI=1S/C22H25F3N4O/c23-16-7-18(22(25)19(24)8-16)20-1-2-21(28-27-20)26-17-5-14-10-29(11-15(14)6-17)9-13-3-4-30-12-13/h1-2,7-8,13-15,17H,3-6,9-12H2,(H,26,28)/t13?,14-,15+,17+. The largest absolute Gasteiger partial charge is 0.381 e. The molecule has 0 bridgehead atoms. The number of likely N-dealkylation sites (tertiary alicyclic amines) is 1. The minimum atomic E-state index is -1.24. The Balaban J connectivity index is 1.17. The number of benzene rings is 1. The molecule has 0 radical (unpaired) electrons. The molecule has 3 aliphatic rings. The Morgan fingerprint density at radius 3 is 2.53 bits per heavy atom. The quantitative estimate of drug-likeness (QED) is 0.750. The van der Waals surface area contributed by atoms with E-state index in [9.17, 15) is 13.2 Å². The predicted octanol–water partition coefficient (Wildman–Crippen LogP) is 3.72. The van der Waals surface area contributed by atoms with Gasteiger partial charge in [-0.3, -0.25) is 0 Å². The Morgan fingerprint density at radius 1 is 1.07 bits per heavy atom. The van der Waals surface area contributed by atoms with Crippen LogP contribution < -0.4 is 5.32 Å². The zero-order valence-electron chi connectivity index (χ0n) is 16.7. The number of ether oxygens (including phenoxy) is 1. The zero-order valence-corrected chi connectivity index (χ0v) is 16.7. The zero-order chi connectivity index (χ0) is 20.7. The maximum atomic E-state index is 14.0. The monoisotopic (exact) mass is 418 g/mol. The Hall–Kier alpha value is -2.19. The summed E-state index contributed by atoms with van der Waals surface area (Å²) in [7, 11) is 0. The lowest BCUT2D eigenvalue weighted by Gasteiger charge is -2.22. The summed E-state index contributed by atoms with van der Waals surface area (Å²) >= 11 is 0. The van der Waals surface area contributed by atoms with E-state index in [1.807, 2.05) is 0 Å². The number of rotatable bonds is 5. The van der Waals surface area contributed by atoms with Crippen LogP contribution in [0.4, 0.5) is 19.0 Å². The van der Waals surface area contributed by atoms with E-state index in [0.717, 1.165) is 51.8 Å². The SMILES string of the molecule is Fc1cc(F)c(F)c(-c2ccc(N[C@H]3C[C@@H]4CN(CC5CCOC5)C[C@@H]4C3)nn2)c1. The van der Waals surface area contributed by atoms with Gasteiger partial charge in [0.05, 0.1) is 12.3 Å². The first-order valence-electron chi connectivity index (χ1n) is 10.6. The number of nitrogens with zero attached hydrogens (tertiary/aromatic N) is 3. The van der Waals surface area contributed by atoms with E-state index in [-0.39, 0.29) is 11.3 Å². The summed E-state index contributed by atoms with van der Waals surface area (Å²) in [5.41, 5.74) is -0.124. The van der Waals surface area contributed by atoms with Crippen LogP contribution in [0.15, 0.2) is 24.3 Å². The predicted molar refractivity (Wildman–Crippen MR) is 106 cm³/mol. The summed E-state index contributed by atoms with van der Waals surface area (Å²) in [6.45, 7) is 5.24. The van der Waals surface area contributed by atoms with E-state index in [1.165, 1.54) is 12.5 Å². The van der Waals surface area contributed by atoms with Crippen molar-refractivity contribution >= 4 is 5.82 Å². The third kappa shape index (κ3) is 4.03. The molecule has 1 saturated carbocycles. The van der Waals surface area contributed by atoms with Crippen molar-refractivity contribution in [1.29, 1.82) is 0 Å². The highest BCUT2D eigenvalue weighted by Gasteiger charge is 2.41. The second-order valence-corrected chi connectivity index (χ2v) is 8.83. The van der Waals surface area contributed by atoms with Crippen LogP contribution in [0, 0.1) is 35.2 Å². The van der Waals surface area contributed by atoms with Gasteiger partial charge in [0.15, 0.2) is 11.6 Å². The Labute approximate surface area is 173 Å². The lowest BCUT2D eigenvalue weighted by molar-refractivity contribution is 0.171. The van der Waals surface area contributed by atoms with Gasteiger partial charge in [-0.1, -0.05) is 0 Å². The molecule has 1 unspecified atom stereocenters. The summed E-state index contributed by atoms with van der Waals surface area (Å²) in [5, 5.41) is 11.5. The molecule has 8 heteroatoms. The van der Waals surface area contributed by atoms with Crippen LogP contribution in [0.25, 0.3) is 11.3 Å². The first-order chi connectivity index (χ1) is 14.5. The van der Waals surface area contributed by atoms with Crippen LogP contribution in [0.2, 0.25) is 0 Å². The smallest absolute Gasteiger partial charge is 0.168 e. The van der Waals surface area contributed by atoms with E-state index in [2.05, 4.69) is 20.4 Å². The van der Waals surface area contributed by atoms with E-state index in [4.69, 9.17) is 4.74 Å². The van der Waals surface area contributed by atoms with Crippen LogP contribution in [-0.2, 0) is 4.74 Å². The van der Waals surface area contributed by atoms with Crippen molar-refractivity contribution in [3.8, 4) is 11.3 Å². The highest BCUT2D eigenvalue weighted by atomic mass is 19.2. The average Bonchev–Trinajstić information content (AvgIpc) is 3.43. The molecule has 2 aliphatic heterocycles. The number of aromatic nitrogens is 2. The van der Waals surface area contributed by atoms with E-state index in [1.54, 1.807) is 6.07 Å². The number of hydrogen-bond donors (Lipinski definition) is 1. The molecule has 4 atom stereocenters. The summed E-state index contributed by atoms with van der Waals surface area (Å²) in [6, 6.07) is 5.00. The fourth-order valence-electron chi connectivity index (χ4n) is 5.26. The Morgan fingerprint density at radius 2 is 1.87 bits per heavy atom. The molecule has 1 N–H and O–H groups in total. The second-order valence-electron chi connectivity index (χ2n) is 8.83. The lowest BCUT2D eigenvalue weighted by Crippen LogP contribution is -2.30. The van der Waals surface area contributed by atoms with Crippen molar-refractivity contribution in [2.75, 3.05) is 38.2 Å². The third-order valence-corrected chi connectivity index (χ3v) is 6.65. The topological polar surface area (TPSA) is 50.3 Å². The molecule has 30 heavy (non-hydrogen) atoms. The maximum absolute atomic E-state index is 14.0. The van der Waals surface area contributed by atoms with Gasteiger partial charge >= 0.3 is 0 Å². The molecular weight excluding hydrogens is 393 g/mol. The van der Waals surface area contributed by atoms with Crippen LogP contribution in [0.3, 0.4) is 0 Å². The molecule has 3 fully saturated rings. The molecule has 1 aromatic heterocycles. The maximum Gasteiger partial charge on any atom is 0.168 e. The Bertz CT molecular complexity index is 890. The van der Waals surface area contributed by atoms with Gasteiger partial charge in [-0.2, -0.15) is 0 Å². The van der Waals surface area contributed by atoms with Crippen molar-refractivity contribution < 1.29 is 17.9 Å². The van der Waals surface area contributed by atoms with E-state index >= 15 is 0 Å². The van der Waals surface area contributed by atoms with E-state index in [0.29, 0.717) is 35.7 Å². The molecular formula is C22H25F3N4O. The molecule has 2 saturated heterocycles. The first kappa shape index (κ1) is 19.8. The van der Waals surface area contributed by atoms with Gasteiger partial charge in [0.2, 0.25) is 0 Å². The van der Waals surface area contributed by atoms with Crippen molar-refractivity contribution in [3.05, 3.63) is 41.7 Å². The number of hydrogen-bond acceptors (Lipinski definition) is 5. The van der Waals surface area contributed by atoms with Crippen LogP contribution in [0.5, 0.6) is 0 Å². The molecule has 5 rings (SSSR count). The van der Waals surface area contributed by atoms with Crippen molar-refractivity contribution in [1.82, 2.24) is 15.1 Å². The van der Waals surface area contributed by atoms with Gasteiger partial charge in [-0.15, -0.1) is 10.2 Å². The molecule has 160 valence electrons. The van der Waals surface area contributed by atoms with E-state index < -0.39 is 17.5 Å². The Kier molecular flexibility index (Phi) is 5.37. The van der Waals surface area contributed by atoms with Gasteiger partial charge in [0.1, 0.15) is 11.6 Å². The highest BCUT2D eigenvalue weighted by Crippen LogP contribution is 2.39. The van der Waals surface area contributed by atoms with Crippen molar-refractivity contribution in [2.24, 2.45) is 17.8 Å². The van der Waals surface area contributed by atoms with Crippen molar-refractivity contribution in [3.63, 3.8) is 0 Å². The average molecular weight is 418 g/mol. The second kappa shape index (κ2) is 8.15. The van der Waals surface area contributed by atoms with Gasteiger partial charge in [0, 0.05) is 43.9 Å². The summed E-state index contributed by atoms with van der Waals surface area (Å²) in [4.78, 5) is 2.59. The summed E-state index contributed by atoms with van der Waals surface area (Å²) in [5.74, 6) is -0.531. The van der Waals surface area contributed by atoms with Crippen LogP contribution >= 0.6 is 0 Å². The van der Waals surface area contributed by atoms with Gasteiger partial charge in [0.25, 0.3) is 0 Å². The summed E-state index contributed by atoms with van der Waals surface area (Å²) < 4.78 is 46.3. The number of fused-ring (bicyclic) bond motifs is 1. The molecule has 1 aliphatic carbocycles. The number of nitrogens with one attached hydrogen (secondary N) is 1. The lowest BCUT2D eigenvalue weighted by atomic mass is 10.0. The van der Waals surface area contributed by atoms with Crippen LogP contribution in [-0.4, -0.2) is 54.0 Å². The molecule has 2 aromatic rings. The number of halogens is 3. The minimum absolute atomic E-state index is 0.103. The summed E-state index contributed by atoms with van der Waals surface area (Å²) in [6.07, 6.45) is 3.36. The number of anilines is 1. The first-order valence-corrected chi connectivity index (χ1v) is 10.6. The van der Waals surface area contributed by atoms with Gasteiger partial charge in [-0.05, 0) is 55.2 Å². The highest BCUT2D eigenvalue weighted by molar-refractivity contribution is 5.60. The molecule has 5 nitrogen and oxygen atoms in total. The van der Waals surface area contributed by atoms with Gasteiger partial charge in [-0.25, -0.2) is 13.2 Å². The minimum Gasteiger partial charge on any atom is -0.381 e. The normalized spacial score (nSPS) is 28.8. The van der Waals surface area contributed by atoms with Gasteiger partial charge < -0.3 is 15.0 Å². The van der Waals surface area contributed by atoms with Crippen molar-refractivity contribution in [2.45, 2.75) is 25.3 Å². The third-order valence-electron chi connectivity index (χ3n) is 6.65. The van der Waals surface area contributed by atoms with Crippen LogP contribution in [0.1, 0.15) is 19.3 Å².